The van der Waals surface area contributed by atoms with Crippen molar-refractivity contribution in [1.82, 2.24) is 4.90 Å². The highest BCUT2D eigenvalue weighted by Crippen LogP contribution is 2.44. The predicted molar refractivity (Wildman–Crippen MR) is 138 cm³/mol. The van der Waals surface area contributed by atoms with E-state index in [2.05, 4.69) is 12.1 Å². The van der Waals surface area contributed by atoms with Gasteiger partial charge in [-0.15, -0.1) is 0 Å². The van der Waals surface area contributed by atoms with Crippen molar-refractivity contribution in [3.05, 3.63) is 59.7 Å². The highest BCUT2D eigenvalue weighted by Gasteiger charge is 2.32. The van der Waals surface area contributed by atoms with Gasteiger partial charge in [0, 0.05) is 26.2 Å². The molecule has 0 saturated carbocycles. The molecule has 1 saturated heterocycles. The Balaban J connectivity index is 1.28. The minimum absolute atomic E-state index is 0.0975. The van der Waals surface area contributed by atoms with Gasteiger partial charge in [-0.05, 0) is 61.8 Å². The first-order valence-electron chi connectivity index (χ1n) is 12.9. The Bertz CT molecular complexity index is 1030. The summed E-state index contributed by atoms with van der Waals surface area (Å²) >= 11 is 0. The number of carbonyl (C=O) groups excluding carboxylic acids is 1. The molecule has 1 unspecified atom stereocenters. The van der Waals surface area contributed by atoms with Crippen molar-refractivity contribution < 1.29 is 33.6 Å². The van der Waals surface area contributed by atoms with Gasteiger partial charge in [0.1, 0.15) is 6.61 Å². The van der Waals surface area contributed by atoms with E-state index in [9.17, 15) is 14.7 Å². The molecule has 8 nitrogen and oxygen atoms in total. The third-order valence-electron chi connectivity index (χ3n) is 7.09. The van der Waals surface area contributed by atoms with Crippen molar-refractivity contribution in [1.29, 1.82) is 0 Å². The molecule has 37 heavy (non-hydrogen) atoms. The van der Waals surface area contributed by atoms with Crippen LogP contribution in [0.3, 0.4) is 0 Å². The molecule has 2 aliphatic rings. The van der Waals surface area contributed by atoms with Crippen LogP contribution in [0.15, 0.2) is 48.5 Å². The fourth-order valence-electron chi connectivity index (χ4n) is 4.90. The van der Waals surface area contributed by atoms with Crippen LogP contribution in [0.5, 0.6) is 0 Å². The Morgan fingerprint density at radius 2 is 1.73 bits per heavy atom. The predicted octanol–water partition coefficient (Wildman–Crippen LogP) is 5.05. The maximum absolute atomic E-state index is 12.8. The SMILES string of the molecule is CN(C(=O)OCC1c2ccccc2-c2ccccc21)[C@@H](COCCC(C)(C)OC1CCCCO1)C(=O)O. The summed E-state index contributed by atoms with van der Waals surface area (Å²) < 4.78 is 23.0. The van der Waals surface area contributed by atoms with Crippen LogP contribution in [-0.2, 0) is 23.7 Å². The molecule has 1 N–H and O–H groups in total. The van der Waals surface area contributed by atoms with E-state index in [0.717, 1.165) is 46.4 Å². The molecule has 200 valence electrons. The standard InChI is InChI=1S/C29H37NO7/c1-29(2,37-26-14-8-9-16-35-26)15-17-34-19-25(27(31)32)30(3)28(33)36-18-24-22-12-6-4-10-20(22)21-11-5-7-13-23(21)24/h4-7,10-13,24-26H,8-9,14-19H2,1-3H3,(H,31,32)/t25-,26?/m0/s1. The first-order chi connectivity index (χ1) is 17.8. The molecule has 2 atom stereocenters. The molecule has 1 aliphatic carbocycles. The van der Waals surface area contributed by atoms with E-state index in [1.807, 2.05) is 50.2 Å². The minimum atomic E-state index is -1.17. The van der Waals surface area contributed by atoms with Gasteiger partial charge in [0.25, 0.3) is 0 Å². The van der Waals surface area contributed by atoms with Crippen LogP contribution in [0.4, 0.5) is 4.79 Å². The molecule has 1 amide bonds. The number of rotatable bonds is 11. The van der Waals surface area contributed by atoms with E-state index in [1.165, 1.54) is 7.05 Å². The summed E-state index contributed by atoms with van der Waals surface area (Å²) in [4.78, 5) is 25.8. The fraction of sp³-hybridized carbons (Fsp3) is 0.517. The number of likely N-dealkylation sites (N-methyl/N-ethyl adjacent to an activating group) is 1. The second-order valence-electron chi connectivity index (χ2n) is 10.3. The average Bonchev–Trinajstić information content (AvgIpc) is 3.20. The van der Waals surface area contributed by atoms with E-state index >= 15 is 0 Å². The van der Waals surface area contributed by atoms with Crippen molar-refractivity contribution in [2.45, 2.75) is 63.4 Å². The zero-order valence-electron chi connectivity index (χ0n) is 21.9. The summed E-state index contributed by atoms with van der Waals surface area (Å²) in [5.41, 5.74) is 3.98. The highest BCUT2D eigenvalue weighted by molar-refractivity contribution is 5.81. The number of carboxylic acids is 1. The molecule has 1 aliphatic heterocycles. The lowest BCUT2D eigenvalue weighted by molar-refractivity contribution is -0.219. The van der Waals surface area contributed by atoms with Crippen LogP contribution in [0.1, 0.15) is 56.6 Å². The van der Waals surface area contributed by atoms with Gasteiger partial charge in [0.2, 0.25) is 0 Å². The van der Waals surface area contributed by atoms with E-state index in [-0.39, 0.29) is 25.4 Å². The van der Waals surface area contributed by atoms with Crippen molar-refractivity contribution in [3.8, 4) is 11.1 Å². The summed E-state index contributed by atoms with van der Waals surface area (Å²) in [6.07, 6.45) is 2.66. The Morgan fingerprint density at radius 3 is 2.32 bits per heavy atom. The average molecular weight is 512 g/mol. The third-order valence-corrected chi connectivity index (χ3v) is 7.09. The van der Waals surface area contributed by atoms with Crippen LogP contribution < -0.4 is 0 Å². The van der Waals surface area contributed by atoms with Crippen LogP contribution in [-0.4, -0.2) is 73.5 Å². The van der Waals surface area contributed by atoms with Crippen molar-refractivity contribution in [2.24, 2.45) is 0 Å². The number of aliphatic carboxylic acids is 1. The molecule has 0 aromatic heterocycles. The number of benzene rings is 2. The second-order valence-corrected chi connectivity index (χ2v) is 10.3. The number of amides is 1. The van der Waals surface area contributed by atoms with Gasteiger partial charge >= 0.3 is 12.1 Å². The fourth-order valence-corrected chi connectivity index (χ4v) is 4.90. The first kappa shape index (κ1) is 27.1. The van der Waals surface area contributed by atoms with Gasteiger partial charge < -0.3 is 24.1 Å². The molecule has 1 heterocycles. The smallest absolute Gasteiger partial charge is 0.410 e. The van der Waals surface area contributed by atoms with Gasteiger partial charge in [-0.2, -0.15) is 0 Å². The summed E-state index contributed by atoms with van der Waals surface area (Å²) in [5, 5.41) is 9.74. The van der Waals surface area contributed by atoms with E-state index in [4.69, 9.17) is 18.9 Å². The van der Waals surface area contributed by atoms with Crippen LogP contribution in [0, 0.1) is 0 Å². The van der Waals surface area contributed by atoms with Gasteiger partial charge in [0.05, 0.1) is 12.2 Å². The maximum atomic E-state index is 12.8. The summed E-state index contributed by atoms with van der Waals surface area (Å²) in [6, 6.07) is 15.0. The zero-order chi connectivity index (χ0) is 26.4. The van der Waals surface area contributed by atoms with Gasteiger partial charge in [0.15, 0.2) is 12.3 Å². The number of carboxylic acid groups (broad SMARTS) is 1. The number of nitrogens with zero attached hydrogens (tertiary/aromatic N) is 1. The van der Waals surface area contributed by atoms with E-state index in [0.29, 0.717) is 19.6 Å². The zero-order valence-corrected chi connectivity index (χ0v) is 21.9. The van der Waals surface area contributed by atoms with Crippen molar-refractivity contribution in [3.63, 3.8) is 0 Å². The molecule has 2 aromatic rings. The quantitative estimate of drug-likeness (QED) is 0.422. The Hall–Kier alpha value is -2.94. The normalized spacial score (nSPS) is 18.1. The number of carbonyl (C=O) groups is 2. The molecule has 0 bridgehead atoms. The monoisotopic (exact) mass is 511 g/mol. The number of hydrogen-bond acceptors (Lipinski definition) is 6. The van der Waals surface area contributed by atoms with Crippen LogP contribution >= 0.6 is 0 Å². The molecule has 2 aromatic carbocycles. The maximum Gasteiger partial charge on any atom is 0.410 e. The number of hydrogen-bond donors (Lipinski definition) is 1. The molecule has 0 radical (unpaired) electrons. The molecule has 0 spiro atoms. The number of fused-ring (bicyclic) bond motifs is 3. The molecule has 4 rings (SSSR count). The summed E-state index contributed by atoms with van der Waals surface area (Å²) in [7, 11) is 1.43. The van der Waals surface area contributed by atoms with Crippen molar-refractivity contribution >= 4 is 12.1 Å². The molecule has 1 fully saturated rings. The Kier molecular flexibility index (Phi) is 8.84. The molecular formula is C29H37NO7. The lowest BCUT2D eigenvalue weighted by Crippen LogP contribution is -2.46. The Morgan fingerprint density at radius 1 is 1.08 bits per heavy atom. The largest absolute Gasteiger partial charge is 0.480 e. The topological polar surface area (TPSA) is 94.5 Å². The van der Waals surface area contributed by atoms with Gasteiger partial charge in [-0.25, -0.2) is 9.59 Å². The third kappa shape index (κ3) is 6.69. The van der Waals surface area contributed by atoms with E-state index < -0.39 is 23.7 Å². The highest BCUT2D eigenvalue weighted by atomic mass is 16.7. The summed E-state index contributed by atoms with van der Waals surface area (Å²) in [5.74, 6) is -1.25. The number of ether oxygens (including phenoxy) is 4. The second kappa shape index (κ2) is 12.1. The molecular weight excluding hydrogens is 474 g/mol. The lowest BCUT2D eigenvalue weighted by atomic mass is 9.98. The van der Waals surface area contributed by atoms with Crippen molar-refractivity contribution in [2.75, 3.05) is 33.5 Å². The first-order valence-corrected chi connectivity index (χ1v) is 12.9. The van der Waals surface area contributed by atoms with Crippen LogP contribution in [0.2, 0.25) is 0 Å². The molecule has 8 heteroatoms. The summed E-state index contributed by atoms with van der Waals surface area (Å²) in [6.45, 7) is 4.91. The minimum Gasteiger partial charge on any atom is -0.480 e. The van der Waals surface area contributed by atoms with E-state index in [1.54, 1.807) is 0 Å². The Labute approximate surface area is 218 Å². The van der Waals surface area contributed by atoms with Crippen LogP contribution in [0.25, 0.3) is 11.1 Å². The van der Waals surface area contributed by atoms with Gasteiger partial charge in [-0.1, -0.05) is 48.5 Å². The van der Waals surface area contributed by atoms with Gasteiger partial charge in [-0.3, -0.25) is 4.90 Å². The lowest BCUT2D eigenvalue weighted by Gasteiger charge is -2.33.